The summed E-state index contributed by atoms with van der Waals surface area (Å²) in [5, 5.41) is 4.46. The van der Waals surface area contributed by atoms with Crippen molar-refractivity contribution in [2.75, 3.05) is 5.32 Å². The van der Waals surface area contributed by atoms with E-state index in [0.29, 0.717) is 12.5 Å². The van der Waals surface area contributed by atoms with Crippen LogP contribution in [-0.2, 0) is 13.0 Å². The standard InChI is InChI=1S/C25H26N4/c1-17-6-3-4-9-23(17)21-10-11-24-22(14-21)16-27-25(29-24)28-18(2)12-19-7-5-8-20(13-19)15-26/h3-11,13-14,16,18H,12,15,26H2,1-2H3,(H,27,28,29). The summed E-state index contributed by atoms with van der Waals surface area (Å²) in [6, 6.07) is 23.4. The van der Waals surface area contributed by atoms with Crippen molar-refractivity contribution in [2.45, 2.75) is 32.9 Å². The molecule has 0 bridgehead atoms. The first-order valence-corrected chi connectivity index (χ1v) is 9.99. The molecular weight excluding hydrogens is 356 g/mol. The van der Waals surface area contributed by atoms with E-state index >= 15 is 0 Å². The predicted molar refractivity (Wildman–Crippen MR) is 121 cm³/mol. The topological polar surface area (TPSA) is 63.8 Å². The van der Waals surface area contributed by atoms with Crippen LogP contribution in [0.4, 0.5) is 5.95 Å². The van der Waals surface area contributed by atoms with Crippen LogP contribution in [-0.4, -0.2) is 16.0 Å². The first kappa shape index (κ1) is 19.1. The highest BCUT2D eigenvalue weighted by Gasteiger charge is 2.08. The van der Waals surface area contributed by atoms with E-state index in [4.69, 9.17) is 10.7 Å². The highest BCUT2D eigenvalue weighted by Crippen LogP contribution is 2.26. The van der Waals surface area contributed by atoms with Crippen LogP contribution < -0.4 is 11.1 Å². The molecule has 0 amide bonds. The van der Waals surface area contributed by atoms with E-state index in [1.54, 1.807) is 0 Å². The molecule has 4 nitrogen and oxygen atoms in total. The van der Waals surface area contributed by atoms with Crippen molar-refractivity contribution in [1.29, 1.82) is 0 Å². The van der Waals surface area contributed by atoms with Gasteiger partial charge in [-0.3, -0.25) is 0 Å². The molecule has 4 rings (SSSR count). The second kappa shape index (κ2) is 8.41. The quantitative estimate of drug-likeness (QED) is 0.486. The van der Waals surface area contributed by atoms with E-state index in [1.807, 2.05) is 6.20 Å². The summed E-state index contributed by atoms with van der Waals surface area (Å²) >= 11 is 0. The zero-order valence-electron chi connectivity index (χ0n) is 16.9. The molecule has 0 aliphatic carbocycles. The Morgan fingerprint density at radius 1 is 0.966 bits per heavy atom. The molecule has 3 aromatic carbocycles. The van der Waals surface area contributed by atoms with Gasteiger partial charge in [0.25, 0.3) is 0 Å². The van der Waals surface area contributed by atoms with Gasteiger partial charge < -0.3 is 11.1 Å². The van der Waals surface area contributed by atoms with Crippen molar-refractivity contribution < 1.29 is 0 Å². The molecule has 1 aromatic heterocycles. The van der Waals surface area contributed by atoms with Crippen LogP contribution in [0.1, 0.15) is 23.6 Å². The fraction of sp³-hybridized carbons (Fsp3) is 0.200. The molecule has 0 saturated heterocycles. The number of nitrogens with one attached hydrogen (secondary N) is 1. The highest BCUT2D eigenvalue weighted by molar-refractivity contribution is 5.85. The van der Waals surface area contributed by atoms with Gasteiger partial charge in [-0.25, -0.2) is 9.97 Å². The number of hydrogen-bond donors (Lipinski definition) is 2. The van der Waals surface area contributed by atoms with Crippen molar-refractivity contribution in [3.63, 3.8) is 0 Å². The van der Waals surface area contributed by atoms with E-state index < -0.39 is 0 Å². The van der Waals surface area contributed by atoms with Crippen molar-refractivity contribution in [3.8, 4) is 11.1 Å². The number of nitrogens with two attached hydrogens (primary N) is 1. The first-order valence-electron chi connectivity index (χ1n) is 9.99. The van der Waals surface area contributed by atoms with Crippen LogP contribution in [0.25, 0.3) is 22.0 Å². The lowest BCUT2D eigenvalue weighted by molar-refractivity contribution is 0.777. The van der Waals surface area contributed by atoms with Gasteiger partial charge in [-0.1, -0.05) is 54.6 Å². The molecule has 1 atom stereocenters. The average Bonchev–Trinajstić information content (AvgIpc) is 2.74. The fourth-order valence-electron chi connectivity index (χ4n) is 3.68. The maximum absolute atomic E-state index is 5.75. The lowest BCUT2D eigenvalue weighted by Gasteiger charge is -2.15. The molecule has 0 aliphatic rings. The second-order valence-electron chi connectivity index (χ2n) is 7.56. The maximum atomic E-state index is 5.75. The summed E-state index contributed by atoms with van der Waals surface area (Å²) in [5.41, 5.74) is 12.8. The van der Waals surface area contributed by atoms with E-state index in [9.17, 15) is 0 Å². The Labute approximate surface area is 171 Å². The number of anilines is 1. The second-order valence-corrected chi connectivity index (χ2v) is 7.56. The van der Waals surface area contributed by atoms with Crippen LogP contribution in [0, 0.1) is 6.92 Å². The molecule has 0 radical (unpaired) electrons. The Bertz CT molecular complexity index is 1140. The van der Waals surface area contributed by atoms with Gasteiger partial charge in [0.15, 0.2) is 0 Å². The van der Waals surface area contributed by atoms with E-state index in [0.717, 1.165) is 22.9 Å². The molecular formula is C25H26N4. The minimum atomic E-state index is 0.215. The van der Waals surface area contributed by atoms with Crippen LogP contribution in [0.15, 0.2) is 72.9 Å². The monoisotopic (exact) mass is 382 g/mol. The summed E-state index contributed by atoms with van der Waals surface area (Å²) in [7, 11) is 0. The SMILES string of the molecule is Cc1ccccc1-c1ccc2nc(NC(C)Cc3cccc(CN)c3)ncc2c1. The molecule has 0 spiro atoms. The molecule has 1 heterocycles. The smallest absolute Gasteiger partial charge is 0.223 e. The summed E-state index contributed by atoms with van der Waals surface area (Å²) in [5.74, 6) is 0.656. The van der Waals surface area contributed by atoms with Gasteiger partial charge in [0.05, 0.1) is 5.52 Å². The molecule has 3 N–H and O–H groups in total. The van der Waals surface area contributed by atoms with Crippen molar-refractivity contribution >= 4 is 16.9 Å². The summed E-state index contributed by atoms with van der Waals surface area (Å²) in [6.45, 7) is 4.84. The molecule has 0 fully saturated rings. The largest absolute Gasteiger partial charge is 0.351 e. The van der Waals surface area contributed by atoms with E-state index in [2.05, 4.69) is 90.9 Å². The number of aryl methyl sites for hydroxylation is 1. The molecule has 4 aromatic rings. The van der Waals surface area contributed by atoms with Crippen LogP contribution in [0.2, 0.25) is 0 Å². The Morgan fingerprint density at radius 2 is 1.79 bits per heavy atom. The van der Waals surface area contributed by atoms with Gasteiger partial charge >= 0.3 is 0 Å². The first-order chi connectivity index (χ1) is 14.1. The number of aromatic nitrogens is 2. The highest BCUT2D eigenvalue weighted by atomic mass is 15.1. The number of nitrogens with zero attached hydrogens (tertiary/aromatic N) is 2. The zero-order valence-corrected chi connectivity index (χ0v) is 16.9. The summed E-state index contributed by atoms with van der Waals surface area (Å²) in [4.78, 5) is 9.24. The average molecular weight is 383 g/mol. The lowest BCUT2D eigenvalue weighted by atomic mass is 9.99. The number of fused-ring (bicyclic) bond motifs is 1. The molecule has 29 heavy (non-hydrogen) atoms. The third-order valence-electron chi connectivity index (χ3n) is 5.18. The van der Waals surface area contributed by atoms with Gasteiger partial charge in [-0.2, -0.15) is 0 Å². The van der Waals surface area contributed by atoms with Crippen molar-refractivity contribution in [2.24, 2.45) is 5.73 Å². The summed E-state index contributed by atoms with van der Waals surface area (Å²) < 4.78 is 0. The Balaban J connectivity index is 1.51. The van der Waals surface area contributed by atoms with Crippen molar-refractivity contribution in [3.05, 3.63) is 89.6 Å². The molecule has 1 unspecified atom stereocenters. The normalized spacial score (nSPS) is 12.1. The molecule has 146 valence electrons. The van der Waals surface area contributed by atoms with Crippen LogP contribution in [0.3, 0.4) is 0 Å². The minimum absolute atomic E-state index is 0.215. The third-order valence-corrected chi connectivity index (χ3v) is 5.18. The minimum Gasteiger partial charge on any atom is -0.351 e. The van der Waals surface area contributed by atoms with Gasteiger partial charge in [0, 0.05) is 24.2 Å². The third kappa shape index (κ3) is 4.44. The van der Waals surface area contributed by atoms with Crippen LogP contribution in [0.5, 0.6) is 0 Å². The Kier molecular flexibility index (Phi) is 5.54. The lowest BCUT2D eigenvalue weighted by Crippen LogP contribution is -2.19. The van der Waals surface area contributed by atoms with Gasteiger partial charge in [-0.15, -0.1) is 0 Å². The number of hydrogen-bond acceptors (Lipinski definition) is 4. The fourth-order valence-corrected chi connectivity index (χ4v) is 3.68. The van der Waals surface area contributed by atoms with Gasteiger partial charge in [0.2, 0.25) is 5.95 Å². The Morgan fingerprint density at radius 3 is 2.62 bits per heavy atom. The van der Waals surface area contributed by atoms with Crippen molar-refractivity contribution in [1.82, 2.24) is 9.97 Å². The van der Waals surface area contributed by atoms with Gasteiger partial charge in [-0.05, 0) is 60.2 Å². The number of benzene rings is 3. The van der Waals surface area contributed by atoms with E-state index in [-0.39, 0.29) is 6.04 Å². The summed E-state index contributed by atoms with van der Waals surface area (Å²) in [6.07, 6.45) is 2.79. The molecule has 0 aliphatic heterocycles. The predicted octanol–water partition coefficient (Wildman–Crippen LogP) is 5.11. The number of rotatable bonds is 6. The Hall–Kier alpha value is -3.24. The van der Waals surface area contributed by atoms with E-state index in [1.165, 1.54) is 22.3 Å². The van der Waals surface area contributed by atoms with Crippen LogP contribution >= 0.6 is 0 Å². The zero-order chi connectivity index (χ0) is 20.2. The van der Waals surface area contributed by atoms with Gasteiger partial charge in [0.1, 0.15) is 0 Å². The molecule has 0 saturated carbocycles. The maximum Gasteiger partial charge on any atom is 0.223 e. The molecule has 4 heteroatoms.